The number of aliphatic hydroxyl groups excluding tert-OH is 1. The Hall–Kier alpha value is -2.02. The van der Waals surface area contributed by atoms with Crippen LogP contribution in [0.15, 0.2) is 30.6 Å². The molecule has 140 valence electrons. The van der Waals surface area contributed by atoms with Gasteiger partial charge in [0.05, 0.1) is 23.5 Å². The quantitative estimate of drug-likeness (QED) is 0.746. The Labute approximate surface area is 161 Å². The second-order valence-corrected chi connectivity index (χ2v) is 7.79. The highest BCUT2D eigenvalue weighted by atomic mass is 35.5. The maximum Gasteiger partial charge on any atom is 0.141 e. The van der Waals surface area contributed by atoms with Crippen LogP contribution in [0.5, 0.6) is 0 Å². The lowest BCUT2D eigenvalue weighted by molar-refractivity contribution is 0.150. The van der Waals surface area contributed by atoms with E-state index in [1.165, 1.54) is 29.8 Å². The highest BCUT2D eigenvalue weighted by molar-refractivity contribution is 6.31. The highest BCUT2D eigenvalue weighted by Crippen LogP contribution is 2.43. The van der Waals surface area contributed by atoms with Gasteiger partial charge in [-0.2, -0.15) is 0 Å². The van der Waals surface area contributed by atoms with Gasteiger partial charge in [-0.1, -0.05) is 11.6 Å². The first kappa shape index (κ1) is 17.1. The molecule has 0 spiro atoms. The van der Waals surface area contributed by atoms with Gasteiger partial charge in [0.1, 0.15) is 17.6 Å². The number of halogens is 2. The number of aromatic nitrogens is 3. The number of hydrogen-bond donors (Lipinski definition) is 1. The van der Waals surface area contributed by atoms with Gasteiger partial charge in [-0.25, -0.2) is 9.37 Å². The molecule has 5 heterocycles. The van der Waals surface area contributed by atoms with Crippen LogP contribution in [0.1, 0.15) is 41.9 Å². The van der Waals surface area contributed by atoms with Crippen molar-refractivity contribution < 1.29 is 9.50 Å². The van der Waals surface area contributed by atoms with E-state index in [2.05, 4.69) is 19.4 Å². The molecule has 5 nitrogen and oxygen atoms in total. The molecule has 2 aliphatic heterocycles. The topological polar surface area (TPSA) is 54.2 Å². The monoisotopic (exact) mass is 386 g/mol. The van der Waals surface area contributed by atoms with E-state index in [1.54, 1.807) is 6.20 Å². The summed E-state index contributed by atoms with van der Waals surface area (Å²) in [5, 5.41) is 12.4. The van der Waals surface area contributed by atoms with Crippen LogP contribution >= 0.6 is 11.6 Å². The number of pyridine rings is 2. The van der Waals surface area contributed by atoms with Crippen LogP contribution in [0.25, 0.3) is 11.0 Å². The largest absolute Gasteiger partial charge is 0.385 e. The van der Waals surface area contributed by atoms with Crippen molar-refractivity contribution in [3.8, 4) is 0 Å². The molecule has 0 bridgehead atoms. The van der Waals surface area contributed by atoms with Gasteiger partial charge in [0.2, 0.25) is 0 Å². The first-order valence-corrected chi connectivity index (χ1v) is 9.69. The van der Waals surface area contributed by atoms with Crippen molar-refractivity contribution in [2.45, 2.75) is 38.0 Å². The van der Waals surface area contributed by atoms with E-state index < -0.39 is 11.9 Å². The third-order valence-electron chi connectivity index (χ3n) is 5.80. The molecule has 1 saturated heterocycles. The van der Waals surface area contributed by atoms with Crippen molar-refractivity contribution in [2.24, 2.45) is 0 Å². The normalized spacial score (nSPS) is 20.6. The Morgan fingerprint density at radius 3 is 2.96 bits per heavy atom. The van der Waals surface area contributed by atoms with Crippen LogP contribution in [0.3, 0.4) is 0 Å². The van der Waals surface area contributed by atoms with E-state index in [9.17, 15) is 9.50 Å². The van der Waals surface area contributed by atoms with Gasteiger partial charge in [0.15, 0.2) is 0 Å². The van der Waals surface area contributed by atoms with Gasteiger partial charge in [-0.05, 0) is 43.1 Å². The fourth-order valence-corrected chi connectivity index (χ4v) is 4.79. The van der Waals surface area contributed by atoms with Crippen LogP contribution in [0.4, 0.5) is 4.39 Å². The third-order valence-corrected chi connectivity index (χ3v) is 6.00. The molecule has 5 rings (SSSR count). The molecular formula is C20H20ClFN4O. The maximum absolute atomic E-state index is 13.1. The highest BCUT2D eigenvalue weighted by Gasteiger charge is 2.36. The van der Waals surface area contributed by atoms with Crippen molar-refractivity contribution in [1.82, 2.24) is 19.4 Å². The zero-order chi connectivity index (χ0) is 18.5. The first-order chi connectivity index (χ1) is 13.1. The first-order valence-electron chi connectivity index (χ1n) is 9.32. The average molecular weight is 387 g/mol. The van der Waals surface area contributed by atoms with Crippen molar-refractivity contribution in [1.29, 1.82) is 0 Å². The van der Waals surface area contributed by atoms with E-state index in [1.807, 2.05) is 6.07 Å². The molecule has 0 radical (unpaired) electrons. The molecule has 0 aromatic carbocycles. The van der Waals surface area contributed by atoms with Crippen LogP contribution in [-0.2, 0) is 13.0 Å². The predicted octanol–water partition coefficient (Wildman–Crippen LogP) is 3.65. The Morgan fingerprint density at radius 2 is 2.15 bits per heavy atom. The Balaban J connectivity index is 1.61. The lowest BCUT2D eigenvalue weighted by Gasteiger charge is -2.31. The summed E-state index contributed by atoms with van der Waals surface area (Å²) in [6.45, 7) is 2.49. The number of rotatable bonds is 3. The van der Waals surface area contributed by atoms with Crippen molar-refractivity contribution in [3.63, 3.8) is 0 Å². The average Bonchev–Trinajstić information content (AvgIpc) is 3.25. The van der Waals surface area contributed by atoms with Gasteiger partial charge in [0, 0.05) is 36.3 Å². The molecule has 0 aliphatic carbocycles. The van der Waals surface area contributed by atoms with E-state index in [4.69, 9.17) is 11.6 Å². The fourth-order valence-electron chi connectivity index (χ4n) is 4.63. The second-order valence-electron chi connectivity index (χ2n) is 7.36. The van der Waals surface area contributed by atoms with Gasteiger partial charge < -0.3 is 9.67 Å². The van der Waals surface area contributed by atoms with E-state index in [0.717, 1.165) is 43.2 Å². The summed E-state index contributed by atoms with van der Waals surface area (Å²) in [5.41, 5.74) is 3.84. The predicted molar refractivity (Wildman–Crippen MR) is 101 cm³/mol. The Bertz CT molecular complexity index is 1000. The molecule has 7 heteroatoms. The second kappa shape index (κ2) is 6.55. The molecule has 3 aromatic rings. The molecule has 2 atom stereocenters. The number of fused-ring (bicyclic) bond motifs is 5. The molecule has 2 unspecified atom stereocenters. The minimum absolute atomic E-state index is 0.339. The van der Waals surface area contributed by atoms with Gasteiger partial charge in [-0.3, -0.25) is 9.88 Å². The molecular weight excluding hydrogens is 367 g/mol. The summed E-state index contributed by atoms with van der Waals surface area (Å²) in [4.78, 5) is 11.1. The molecule has 0 saturated carbocycles. The van der Waals surface area contributed by atoms with E-state index in [-0.39, 0.29) is 0 Å². The SMILES string of the molecule is OC(Cn1c2c(c3cc(Cl)cnc31)C1CCCN1CC2)c1ccc(F)cn1. The van der Waals surface area contributed by atoms with Crippen molar-refractivity contribution in [3.05, 3.63) is 58.4 Å². The van der Waals surface area contributed by atoms with E-state index in [0.29, 0.717) is 23.3 Å². The van der Waals surface area contributed by atoms with Crippen LogP contribution in [0.2, 0.25) is 5.02 Å². The summed E-state index contributed by atoms with van der Waals surface area (Å²) in [5.74, 6) is -0.410. The smallest absolute Gasteiger partial charge is 0.141 e. The summed E-state index contributed by atoms with van der Waals surface area (Å²) in [6.07, 6.45) is 5.22. The van der Waals surface area contributed by atoms with Gasteiger partial charge in [-0.15, -0.1) is 0 Å². The van der Waals surface area contributed by atoms with Crippen molar-refractivity contribution in [2.75, 3.05) is 13.1 Å². The molecule has 1 N–H and O–H groups in total. The van der Waals surface area contributed by atoms with Gasteiger partial charge in [0.25, 0.3) is 0 Å². The Kier molecular flexibility index (Phi) is 4.15. The lowest BCUT2D eigenvalue weighted by atomic mass is 9.96. The molecule has 2 aliphatic rings. The number of hydrogen-bond acceptors (Lipinski definition) is 4. The fraction of sp³-hybridized carbons (Fsp3) is 0.400. The maximum atomic E-state index is 13.1. The third kappa shape index (κ3) is 2.83. The number of aliphatic hydroxyl groups is 1. The summed E-state index contributed by atoms with van der Waals surface area (Å²) >= 11 is 6.25. The zero-order valence-electron chi connectivity index (χ0n) is 14.8. The minimum atomic E-state index is -0.829. The van der Waals surface area contributed by atoms with Crippen LogP contribution in [-0.4, -0.2) is 37.6 Å². The molecule has 3 aromatic heterocycles. The van der Waals surface area contributed by atoms with Gasteiger partial charge >= 0.3 is 0 Å². The summed E-state index contributed by atoms with van der Waals surface area (Å²) in [7, 11) is 0. The molecule has 27 heavy (non-hydrogen) atoms. The molecule has 0 amide bonds. The minimum Gasteiger partial charge on any atom is -0.385 e. The lowest BCUT2D eigenvalue weighted by Crippen LogP contribution is -2.31. The summed E-state index contributed by atoms with van der Waals surface area (Å²) < 4.78 is 15.3. The van der Waals surface area contributed by atoms with Crippen LogP contribution < -0.4 is 0 Å². The standard InChI is InChI=1S/C20H20ClFN4O/c21-12-8-14-19-16-2-1-6-25(16)7-5-17(19)26(20(14)24-9-12)11-18(27)15-4-3-13(22)10-23-15/h3-4,8-10,16,18,27H,1-2,5-7,11H2. The molecule has 1 fully saturated rings. The summed E-state index contributed by atoms with van der Waals surface area (Å²) in [6, 6.07) is 5.24. The Morgan fingerprint density at radius 1 is 1.26 bits per heavy atom. The van der Waals surface area contributed by atoms with E-state index >= 15 is 0 Å². The number of nitrogens with zero attached hydrogens (tertiary/aromatic N) is 4. The van der Waals surface area contributed by atoms with Crippen LogP contribution in [0, 0.1) is 5.82 Å². The van der Waals surface area contributed by atoms with Crippen molar-refractivity contribution >= 4 is 22.6 Å². The zero-order valence-corrected chi connectivity index (χ0v) is 15.5.